The minimum absolute atomic E-state index is 0.147. The normalized spacial score (nSPS) is 11.3. The van der Waals surface area contributed by atoms with Gasteiger partial charge in [-0.05, 0) is 42.6 Å². The van der Waals surface area contributed by atoms with Gasteiger partial charge < -0.3 is 5.32 Å². The number of thiophene rings is 1. The number of sulfonamides is 1. The van der Waals surface area contributed by atoms with E-state index >= 15 is 0 Å². The molecule has 0 saturated carbocycles. The molecule has 2 N–H and O–H groups in total. The van der Waals surface area contributed by atoms with Crippen LogP contribution >= 0.6 is 34.4 Å². The van der Waals surface area contributed by atoms with Crippen molar-refractivity contribution in [1.29, 1.82) is 0 Å². The first kappa shape index (κ1) is 22.5. The second-order valence-corrected chi connectivity index (χ2v) is 11.8. The van der Waals surface area contributed by atoms with Crippen molar-refractivity contribution < 1.29 is 13.2 Å². The fourth-order valence-electron chi connectivity index (χ4n) is 2.86. The average Bonchev–Trinajstić information content (AvgIpc) is 3.44. The van der Waals surface area contributed by atoms with Gasteiger partial charge in [-0.25, -0.2) is 13.4 Å². The fraction of sp³-hybridized carbons (Fsp3) is 0.0909. The molecule has 0 aliphatic heterocycles. The van der Waals surface area contributed by atoms with Crippen molar-refractivity contribution in [3.05, 3.63) is 77.0 Å². The molecule has 2 aromatic carbocycles. The highest BCUT2D eigenvalue weighted by Crippen LogP contribution is 2.30. The number of carbonyl (C=O) groups is 1. The van der Waals surface area contributed by atoms with Gasteiger partial charge in [-0.1, -0.05) is 36.4 Å². The molecule has 0 atom stereocenters. The standard InChI is InChI=1S/C22H19N3O3S4/c1-15-21(16-6-3-2-4-7-16)24-22(31-15)23-19(26)14-30-18-11-9-17(10-12-18)25-32(27,28)20-8-5-13-29-20/h2-13,25H,14H2,1H3,(H,23,24,26). The average molecular weight is 502 g/mol. The maximum atomic E-state index is 12.4. The number of rotatable bonds is 8. The van der Waals surface area contributed by atoms with E-state index in [1.54, 1.807) is 41.8 Å². The summed E-state index contributed by atoms with van der Waals surface area (Å²) in [7, 11) is -3.57. The number of aryl methyl sites for hydroxylation is 1. The molecule has 0 unspecified atom stereocenters. The first-order valence-electron chi connectivity index (χ1n) is 9.52. The molecular formula is C22H19N3O3S4. The summed E-state index contributed by atoms with van der Waals surface area (Å²) < 4.78 is 27.4. The molecular weight excluding hydrogens is 483 g/mol. The predicted octanol–water partition coefficient (Wildman–Crippen LogP) is 5.71. The van der Waals surface area contributed by atoms with E-state index in [9.17, 15) is 13.2 Å². The van der Waals surface area contributed by atoms with Gasteiger partial charge in [0.15, 0.2) is 5.13 Å². The van der Waals surface area contributed by atoms with Gasteiger partial charge in [-0.2, -0.15) is 0 Å². The van der Waals surface area contributed by atoms with E-state index in [1.165, 1.54) is 23.1 Å². The lowest BCUT2D eigenvalue weighted by Crippen LogP contribution is -2.13. The Balaban J connectivity index is 1.32. The molecule has 0 aliphatic rings. The highest BCUT2D eigenvalue weighted by atomic mass is 32.2. The molecule has 0 fully saturated rings. The van der Waals surface area contributed by atoms with Gasteiger partial charge in [0.1, 0.15) is 4.21 Å². The predicted molar refractivity (Wildman–Crippen MR) is 133 cm³/mol. The van der Waals surface area contributed by atoms with Crippen molar-refractivity contribution in [3.8, 4) is 11.3 Å². The summed E-state index contributed by atoms with van der Waals surface area (Å²) in [6.45, 7) is 1.98. The van der Waals surface area contributed by atoms with Gasteiger partial charge in [-0.15, -0.1) is 34.4 Å². The minimum Gasteiger partial charge on any atom is -0.301 e. The number of nitrogens with zero attached hydrogens (tertiary/aromatic N) is 1. The minimum atomic E-state index is -3.57. The molecule has 4 aromatic rings. The number of amides is 1. The first-order valence-corrected chi connectivity index (χ1v) is 13.7. The number of hydrogen-bond donors (Lipinski definition) is 2. The van der Waals surface area contributed by atoms with Crippen LogP contribution in [0.15, 0.2) is 81.2 Å². The van der Waals surface area contributed by atoms with E-state index in [4.69, 9.17) is 0 Å². The number of nitrogens with one attached hydrogen (secondary N) is 2. The zero-order valence-corrected chi connectivity index (χ0v) is 20.2. The molecule has 10 heteroatoms. The number of benzene rings is 2. The van der Waals surface area contributed by atoms with E-state index in [0.717, 1.165) is 32.4 Å². The molecule has 1 amide bonds. The SMILES string of the molecule is Cc1sc(NC(=O)CSc2ccc(NS(=O)(=O)c3cccs3)cc2)nc1-c1ccccc1. The molecule has 32 heavy (non-hydrogen) atoms. The molecule has 0 radical (unpaired) electrons. The van der Waals surface area contributed by atoms with Crippen molar-refractivity contribution >= 4 is 61.2 Å². The van der Waals surface area contributed by atoms with Crippen LogP contribution in [0, 0.1) is 6.92 Å². The van der Waals surface area contributed by atoms with Crippen molar-refractivity contribution in [2.24, 2.45) is 0 Å². The van der Waals surface area contributed by atoms with Crippen molar-refractivity contribution in [3.63, 3.8) is 0 Å². The van der Waals surface area contributed by atoms with Crippen LogP contribution in [0.2, 0.25) is 0 Å². The molecule has 0 bridgehead atoms. The van der Waals surface area contributed by atoms with Crippen LogP contribution in [0.25, 0.3) is 11.3 Å². The second kappa shape index (κ2) is 9.86. The Hall–Kier alpha value is -2.66. The highest BCUT2D eigenvalue weighted by Gasteiger charge is 2.15. The summed E-state index contributed by atoms with van der Waals surface area (Å²) in [4.78, 5) is 18.8. The van der Waals surface area contributed by atoms with Crippen LogP contribution in [0.5, 0.6) is 0 Å². The first-order chi connectivity index (χ1) is 15.4. The highest BCUT2D eigenvalue weighted by molar-refractivity contribution is 8.00. The van der Waals surface area contributed by atoms with E-state index in [1.807, 2.05) is 37.3 Å². The Labute approximate surface area is 198 Å². The molecule has 0 aliphatic carbocycles. The fourth-order valence-corrected chi connectivity index (χ4v) is 6.46. The van der Waals surface area contributed by atoms with E-state index in [2.05, 4.69) is 15.0 Å². The number of anilines is 2. The zero-order valence-electron chi connectivity index (χ0n) is 16.9. The smallest absolute Gasteiger partial charge is 0.271 e. The number of thioether (sulfide) groups is 1. The lowest BCUT2D eigenvalue weighted by atomic mass is 10.1. The summed E-state index contributed by atoms with van der Waals surface area (Å²) in [5.74, 6) is 0.0744. The maximum absolute atomic E-state index is 12.4. The van der Waals surface area contributed by atoms with Gasteiger partial charge in [0.05, 0.1) is 11.4 Å². The monoisotopic (exact) mass is 501 g/mol. The van der Waals surface area contributed by atoms with Crippen LogP contribution < -0.4 is 10.0 Å². The molecule has 0 spiro atoms. The van der Waals surface area contributed by atoms with Crippen molar-refractivity contribution in [2.75, 3.05) is 15.8 Å². The maximum Gasteiger partial charge on any atom is 0.271 e. The van der Waals surface area contributed by atoms with Gasteiger partial charge >= 0.3 is 0 Å². The third kappa shape index (κ3) is 5.57. The van der Waals surface area contributed by atoms with Gasteiger partial charge in [0, 0.05) is 21.0 Å². The van der Waals surface area contributed by atoms with Crippen molar-refractivity contribution in [1.82, 2.24) is 4.98 Å². The Kier molecular flexibility index (Phi) is 6.95. The molecule has 164 valence electrons. The molecule has 6 nitrogen and oxygen atoms in total. The Morgan fingerprint density at radius 1 is 1.03 bits per heavy atom. The number of carbonyl (C=O) groups excluding carboxylic acids is 1. The third-order valence-electron chi connectivity index (χ3n) is 4.33. The molecule has 2 heterocycles. The Bertz CT molecular complexity index is 1300. The van der Waals surface area contributed by atoms with Crippen LogP contribution in [-0.4, -0.2) is 25.1 Å². The Morgan fingerprint density at radius 3 is 2.47 bits per heavy atom. The lowest BCUT2D eigenvalue weighted by Gasteiger charge is -2.07. The molecule has 4 rings (SSSR count). The summed E-state index contributed by atoms with van der Waals surface area (Å²) in [6.07, 6.45) is 0. The van der Waals surface area contributed by atoms with E-state index < -0.39 is 10.0 Å². The molecule has 2 aromatic heterocycles. The van der Waals surface area contributed by atoms with Crippen molar-refractivity contribution in [2.45, 2.75) is 16.0 Å². The summed E-state index contributed by atoms with van der Waals surface area (Å²) >= 11 is 3.98. The van der Waals surface area contributed by atoms with E-state index in [0.29, 0.717) is 10.8 Å². The Morgan fingerprint density at radius 2 is 1.78 bits per heavy atom. The third-order valence-corrected chi connectivity index (χ3v) is 9.00. The number of aromatic nitrogens is 1. The van der Waals surface area contributed by atoms with Gasteiger partial charge in [0.2, 0.25) is 5.91 Å². The number of hydrogen-bond acceptors (Lipinski definition) is 7. The topological polar surface area (TPSA) is 88.2 Å². The van der Waals surface area contributed by atoms with Crippen LogP contribution in [-0.2, 0) is 14.8 Å². The van der Waals surface area contributed by atoms with Crippen LogP contribution in [0.3, 0.4) is 0 Å². The van der Waals surface area contributed by atoms with Crippen LogP contribution in [0.1, 0.15) is 4.88 Å². The van der Waals surface area contributed by atoms with Gasteiger partial charge in [0.25, 0.3) is 10.0 Å². The summed E-state index contributed by atoms with van der Waals surface area (Å²) in [6, 6.07) is 20.0. The quantitative estimate of drug-likeness (QED) is 0.302. The number of thiazole rings is 1. The zero-order chi connectivity index (χ0) is 22.6. The van der Waals surface area contributed by atoms with E-state index in [-0.39, 0.29) is 15.9 Å². The summed E-state index contributed by atoms with van der Waals surface area (Å²) in [5.41, 5.74) is 2.36. The largest absolute Gasteiger partial charge is 0.301 e. The van der Waals surface area contributed by atoms with Crippen LogP contribution in [0.4, 0.5) is 10.8 Å². The lowest BCUT2D eigenvalue weighted by molar-refractivity contribution is -0.113. The molecule has 0 saturated heterocycles. The second-order valence-electron chi connectivity index (χ2n) is 6.69. The van der Waals surface area contributed by atoms with Gasteiger partial charge in [-0.3, -0.25) is 9.52 Å². The summed E-state index contributed by atoms with van der Waals surface area (Å²) in [5, 5.41) is 5.15.